The molecule has 1 N–H and O–H groups in total. The Kier molecular flexibility index (Phi) is 4.78. The topological polar surface area (TPSA) is 29.5 Å². The Hall–Kier alpha value is -1.39. The molecular formula is C16H16BrFO2. The first-order chi connectivity index (χ1) is 9.52. The molecule has 0 aliphatic heterocycles. The molecule has 2 aromatic carbocycles. The molecule has 1 atom stereocenters. The number of hydrogen-bond donors (Lipinski definition) is 1. The predicted octanol–water partition coefficient (Wildman–Crippen LogP) is 4.18. The highest BCUT2D eigenvalue weighted by Gasteiger charge is 2.13. The van der Waals surface area contributed by atoms with Gasteiger partial charge in [0, 0.05) is 6.42 Å². The average Bonchev–Trinajstić information content (AvgIpc) is 2.43. The van der Waals surface area contributed by atoms with Crippen LogP contribution in [0.25, 0.3) is 0 Å². The van der Waals surface area contributed by atoms with Crippen LogP contribution in [0.4, 0.5) is 4.39 Å². The second-order valence-electron chi connectivity index (χ2n) is 4.66. The Morgan fingerprint density at radius 3 is 2.70 bits per heavy atom. The molecule has 1 unspecified atom stereocenters. The van der Waals surface area contributed by atoms with Gasteiger partial charge in [-0.25, -0.2) is 4.39 Å². The summed E-state index contributed by atoms with van der Waals surface area (Å²) in [5.41, 5.74) is 2.49. The Balaban J connectivity index is 2.21. The number of aryl methyl sites for hydroxylation is 1. The molecule has 2 nitrogen and oxygen atoms in total. The van der Waals surface area contributed by atoms with E-state index in [1.807, 2.05) is 25.1 Å². The summed E-state index contributed by atoms with van der Waals surface area (Å²) in [6, 6.07) is 10.4. The average molecular weight is 339 g/mol. The first-order valence-electron chi connectivity index (χ1n) is 6.28. The fourth-order valence-electron chi connectivity index (χ4n) is 2.14. The van der Waals surface area contributed by atoms with E-state index in [2.05, 4.69) is 15.9 Å². The Morgan fingerprint density at radius 1 is 1.30 bits per heavy atom. The van der Waals surface area contributed by atoms with Gasteiger partial charge in [-0.3, -0.25) is 0 Å². The number of hydrogen-bond acceptors (Lipinski definition) is 2. The number of ether oxygens (including phenoxy) is 1. The van der Waals surface area contributed by atoms with Crippen LogP contribution in [-0.2, 0) is 6.42 Å². The van der Waals surface area contributed by atoms with Crippen molar-refractivity contribution in [2.45, 2.75) is 19.4 Å². The van der Waals surface area contributed by atoms with E-state index < -0.39 is 6.10 Å². The zero-order valence-electron chi connectivity index (χ0n) is 11.4. The molecule has 0 aliphatic rings. The fourth-order valence-corrected chi connectivity index (χ4v) is 2.57. The maximum absolute atomic E-state index is 13.4. The van der Waals surface area contributed by atoms with Crippen LogP contribution in [0.1, 0.15) is 22.8 Å². The van der Waals surface area contributed by atoms with Crippen LogP contribution in [0, 0.1) is 12.7 Å². The highest BCUT2D eigenvalue weighted by atomic mass is 79.9. The molecule has 0 fully saturated rings. The number of halogens is 2. The van der Waals surface area contributed by atoms with Gasteiger partial charge in [-0.05, 0) is 57.7 Å². The van der Waals surface area contributed by atoms with Gasteiger partial charge in [0.2, 0.25) is 0 Å². The van der Waals surface area contributed by atoms with Gasteiger partial charge >= 0.3 is 0 Å². The minimum Gasteiger partial charge on any atom is -0.496 e. The Labute approximate surface area is 126 Å². The minimum atomic E-state index is -0.683. The van der Waals surface area contributed by atoms with E-state index >= 15 is 0 Å². The quantitative estimate of drug-likeness (QED) is 0.905. The molecule has 20 heavy (non-hydrogen) atoms. The van der Waals surface area contributed by atoms with E-state index in [0.717, 1.165) is 22.4 Å². The van der Waals surface area contributed by atoms with Crippen molar-refractivity contribution < 1.29 is 14.2 Å². The van der Waals surface area contributed by atoms with E-state index in [0.29, 0.717) is 10.9 Å². The van der Waals surface area contributed by atoms with Crippen molar-refractivity contribution in [1.29, 1.82) is 0 Å². The summed E-state index contributed by atoms with van der Waals surface area (Å²) in [6.07, 6.45) is -0.331. The summed E-state index contributed by atoms with van der Waals surface area (Å²) in [6.45, 7) is 1.92. The lowest BCUT2D eigenvalue weighted by Crippen LogP contribution is -2.04. The molecule has 0 saturated carbocycles. The number of aliphatic hydroxyl groups excluding tert-OH is 1. The van der Waals surface area contributed by atoms with E-state index in [1.54, 1.807) is 19.2 Å². The van der Waals surface area contributed by atoms with Crippen LogP contribution >= 0.6 is 15.9 Å². The van der Waals surface area contributed by atoms with E-state index in [1.165, 1.54) is 6.07 Å². The van der Waals surface area contributed by atoms with E-state index in [-0.39, 0.29) is 5.82 Å². The molecule has 0 aromatic heterocycles. The highest BCUT2D eigenvalue weighted by molar-refractivity contribution is 9.10. The summed E-state index contributed by atoms with van der Waals surface area (Å²) in [4.78, 5) is 0. The van der Waals surface area contributed by atoms with Gasteiger partial charge in [0.1, 0.15) is 11.6 Å². The summed E-state index contributed by atoms with van der Waals surface area (Å²) in [5, 5.41) is 10.3. The lowest BCUT2D eigenvalue weighted by molar-refractivity contribution is 0.178. The predicted molar refractivity (Wildman–Crippen MR) is 80.5 cm³/mol. The molecule has 106 valence electrons. The Morgan fingerprint density at radius 2 is 2.05 bits per heavy atom. The van der Waals surface area contributed by atoms with E-state index in [4.69, 9.17) is 4.74 Å². The highest BCUT2D eigenvalue weighted by Crippen LogP contribution is 2.28. The second kappa shape index (κ2) is 6.37. The Bertz CT molecular complexity index is 613. The van der Waals surface area contributed by atoms with Gasteiger partial charge < -0.3 is 9.84 Å². The first-order valence-corrected chi connectivity index (χ1v) is 7.07. The first kappa shape index (κ1) is 15.0. The molecule has 0 aliphatic carbocycles. The standard InChI is InChI=1S/C16H16BrFO2/c1-10-8-11(6-7-15(10)20-2)14(19)9-12-4-3-5-13(18)16(12)17/h3-8,14,19H,9H2,1-2H3. The summed E-state index contributed by atoms with van der Waals surface area (Å²) >= 11 is 3.21. The zero-order chi connectivity index (χ0) is 14.7. The molecular weight excluding hydrogens is 323 g/mol. The molecule has 2 rings (SSSR count). The van der Waals surface area contributed by atoms with Crippen LogP contribution < -0.4 is 4.74 Å². The molecule has 4 heteroatoms. The van der Waals surface area contributed by atoms with Crippen LogP contribution in [-0.4, -0.2) is 12.2 Å². The van der Waals surface area contributed by atoms with Crippen molar-refractivity contribution in [2.75, 3.05) is 7.11 Å². The SMILES string of the molecule is COc1ccc(C(O)Cc2cccc(F)c2Br)cc1C. The molecule has 0 radical (unpaired) electrons. The van der Waals surface area contributed by atoms with Gasteiger partial charge in [0.15, 0.2) is 0 Å². The van der Waals surface area contributed by atoms with Crippen LogP contribution in [0.2, 0.25) is 0 Å². The van der Waals surface area contributed by atoms with Crippen molar-refractivity contribution >= 4 is 15.9 Å². The number of benzene rings is 2. The van der Waals surface area contributed by atoms with Gasteiger partial charge in [0.25, 0.3) is 0 Å². The van der Waals surface area contributed by atoms with Crippen LogP contribution in [0.15, 0.2) is 40.9 Å². The summed E-state index contributed by atoms with van der Waals surface area (Å²) in [5.74, 6) is 0.466. The monoisotopic (exact) mass is 338 g/mol. The molecule has 0 heterocycles. The van der Waals surface area contributed by atoms with Crippen molar-refractivity contribution in [3.05, 3.63) is 63.4 Å². The van der Waals surface area contributed by atoms with Crippen molar-refractivity contribution in [3.63, 3.8) is 0 Å². The van der Waals surface area contributed by atoms with Gasteiger partial charge in [0.05, 0.1) is 17.7 Å². The van der Waals surface area contributed by atoms with Crippen molar-refractivity contribution in [1.82, 2.24) is 0 Å². The third-order valence-electron chi connectivity index (χ3n) is 3.25. The lowest BCUT2D eigenvalue weighted by Gasteiger charge is -2.14. The second-order valence-corrected chi connectivity index (χ2v) is 5.45. The number of aliphatic hydroxyl groups is 1. The third kappa shape index (κ3) is 3.19. The van der Waals surface area contributed by atoms with Crippen molar-refractivity contribution in [2.24, 2.45) is 0 Å². The lowest BCUT2D eigenvalue weighted by atomic mass is 9.99. The maximum atomic E-state index is 13.4. The van der Waals surface area contributed by atoms with Gasteiger partial charge in [-0.2, -0.15) is 0 Å². The van der Waals surface area contributed by atoms with Gasteiger partial charge in [-0.1, -0.05) is 18.2 Å². The minimum absolute atomic E-state index is 0.319. The third-order valence-corrected chi connectivity index (χ3v) is 4.14. The van der Waals surface area contributed by atoms with Gasteiger partial charge in [-0.15, -0.1) is 0 Å². The number of rotatable bonds is 4. The molecule has 2 aromatic rings. The molecule has 0 amide bonds. The normalized spacial score (nSPS) is 12.2. The molecule has 0 spiro atoms. The van der Waals surface area contributed by atoms with E-state index in [9.17, 15) is 9.50 Å². The van der Waals surface area contributed by atoms with Crippen molar-refractivity contribution in [3.8, 4) is 5.75 Å². The number of methoxy groups -OCH3 is 1. The zero-order valence-corrected chi connectivity index (χ0v) is 12.9. The summed E-state index contributed by atoms with van der Waals surface area (Å²) in [7, 11) is 1.61. The van der Waals surface area contributed by atoms with Crippen LogP contribution in [0.3, 0.4) is 0 Å². The largest absolute Gasteiger partial charge is 0.496 e. The van der Waals surface area contributed by atoms with Crippen LogP contribution in [0.5, 0.6) is 5.75 Å². The molecule has 0 bridgehead atoms. The summed E-state index contributed by atoms with van der Waals surface area (Å²) < 4.78 is 19.1. The smallest absolute Gasteiger partial charge is 0.137 e. The fraction of sp³-hybridized carbons (Fsp3) is 0.250. The maximum Gasteiger partial charge on any atom is 0.137 e. The molecule has 0 saturated heterocycles.